The van der Waals surface area contributed by atoms with Crippen molar-refractivity contribution in [3.63, 3.8) is 0 Å². The van der Waals surface area contributed by atoms with Crippen molar-refractivity contribution in [1.29, 1.82) is 0 Å². The number of nitrogens with one attached hydrogen (secondary N) is 1. The zero-order valence-electron chi connectivity index (χ0n) is 18.2. The molecule has 0 saturated carbocycles. The molecule has 2 rings (SSSR count). The number of amides is 1. The van der Waals surface area contributed by atoms with E-state index in [2.05, 4.69) is 11.4 Å². The molecule has 1 amide bonds. The van der Waals surface area contributed by atoms with E-state index in [1.165, 1.54) is 9.87 Å². The van der Waals surface area contributed by atoms with E-state index in [-0.39, 0.29) is 24.4 Å². The largest absolute Gasteiger partial charge is 0.348 e. The van der Waals surface area contributed by atoms with Crippen LogP contribution in [0, 0.1) is 13.8 Å². The van der Waals surface area contributed by atoms with Crippen LogP contribution in [0.25, 0.3) is 0 Å². The molecule has 0 saturated heterocycles. The van der Waals surface area contributed by atoms with E-state index in [0.717, 1.165) is 29.4 Å². The van der Waals surface area contributed by atoms with Crippen molar-refractivity contribution in [1.82, 2.24) is 5.32 Å². The molecule has 0 aromatic heterocycles. The number of rotatable bonds is 8. The molecule has 0 aliphatic carbocycles. The first-order chi connectivity index (χ1) is 13.5. The maximum absolute atomic E-state index is 12.9. The lowest BCUT2D eigenvalue weighted by Crippen LogP contribution is -2.42. The molecule has 0 aliphatic rings. The molecule has 0 heterocycles. The predicted octanol–water partition coefficient (Wildman–Crippen LogP) is 4.46. The zero-order chi connectivity index (χ0) is 21.8. The van der Waals surface area contributed by atoms with E-state index in [9.17, 15) is 13.2 Å². The number of nitrogens with zero attached hydrogens (tertiary/aromatic N) is 1. The first-order valence-corrected chi connectivity index (χ1v) is 11.8. The molecule has 29 heavy (non-hydrogen) atoms. The van der Waals surface area contributed by atoms with Gasteiger partial charge in [0.25, 0.3) is 0 Å². The third-order valence-corrected chi connectivity index (χ3v) is 6.19. The van der Waals surface area contributed by atoms with E-state index in [0.29, 0.717) is 5.69 Å². The van der Waals surface area contributed by atoms with Gasteiger partial charge in [-0.3, -0.25) is 9.10 Å². The Morgan fingerprint density at radius 2 is 1.72 bits per heavy atom. The summed E-state index contributed by atoms with van der Waals surface area (Å²) in [5.41, 5.74) is 4.79. The first-order valence-electron chi connectivity index (χ1n) is 9.97. The predicted molar refractivity (Wildman–Crippen MR) is 120 cm³/mol. The van der Waals surface area contributed by atoms with Crippen LogP contribution in [0.4, 0.5) is 5.69 Å². The Morgan fingerprint density at radius 3 is 2.28 bits per heavy atom. The number of aryl methyl sites for hydroxylation is 2. The second kappa shape index (κ2) is 9.44. The fraction of sp³-hybridized carbons (Fsp3) is 0.435. The van der Waals surface area contributed by atoms with Gasteiger partial charge in [0.05, 0.1) is 18.0 Å². The molecular formula is C23H32N2O3S. The van der Waals surface area contributed by atoms with Gasteiger partial charge in [0.2, 0.25) is 15.9 Å². The number of hydrogen-bond donors (Lipinski definition) is 1. The molecule has 0 bridgehead atoms. The van der Waals surface area contributed by atoms with Gasteiger partial charge in [-0.15, -0.1) is 0 Å². The van der Waals surface area contributed by atoms with Crippen LogP contribution in [0.3, 0.4) is 0 Å². The molecule has 1 atom stereocenters. The van der Waals surface area contributed by atoms with Crippen LogP contribution in [0.5, 0.6) is 0 Å². The second-order valence-corrected chi connectivity index (χ2v) is 9.78. The summed E-state index contributed by atoms with van der Waals surface area (Å²) in [6, 6.07) is 13.3. The molecule has 0 aliphatic heterocycles. The van der Waals surface area contributed by atoms with Crippen molar-refractivity contribution >= 4 is 21.6 Å². The number of hydrogen-bond acceptors (Lipinski definition) is 3. The van der Waals surface area contributed by atoms with Crippen LogP contribution in [0.15, 0.2) is 42.5 Å². The lowest BCUT2D eigenvalue weighted by Gasteiger charge is -2.27. The van der Waals surface area contributed by atoms with E-state index in [4.69, 9.17) is 0 Å². The van der Waals surface area contributed by atoms with Crippen molar-refractivity contribution in [2.24, 2.45) is 0 Å². The van der Waals surface area contributed by atoms with Gasteiger partial charge in [0.1, 0.15) is 6.54 Å². The van der Waals surface area contributed by atoms with Gasteiger partial charge < -0.3 is 5.32 Å². The minimum atomic E-state index is -3.62. The van der Waals surface area contributed by atoms with Crippen LogP contribution in [-0.2, 0) is 14.8 Å². The minimum Gasteiger partial charge on any atom is -0.348 e. The summed E-state index contributed by atoms with van der Waals surface area (Å²) >= 11 is 0. The van der Waals surface area contributed by atoms with Crippen molar-refractivity contribution in [2.75, 3.05) is 17.1 Å². The van der Waals surface area contributed by atoms with Gasteiger partial charge >= 0.3 is 0 Å². The summed E-state index contributed by atoms with van der Waals surface area (Å²) < 4.78 is 26.2. The van der Waals surface area contributed by atoms with Crippen molar-refractivity contribution in [3.8, 4) is 0 Å². The third kappa shape index (κ3) is 5.82. The monoisotopic (exact) mass is 416 g/mol. The average molecular weight is 417 g/mol. The van der Waals surface area contributed by atoms with Crippen molar-refractivity contribution in [2.45, 2.75) is 53.0 Å². The van der Waals surface area contributed by atoms with E-state index in [1.54, 1.807) is 12.1 Å². The number of para-hydroxylation sites is 1. The van der Waals surface area contributed by atoms with Crippen LogP contribution in [0.1, 0.15) is 61.4 Å². The van der Waals surface area contributed by atoms with Crippen molar-refractivity contribution < 1.29 is 13.2 Å². The number of anilines is 1. The molecule has 0 fully saturated rings. The molecule has 2 aromatic carbocycles. The molecule has 0 radical (unpaired) electrons. The number of benzene rings is 2. The maximum atomic E-state index is 12.9. The van der Waals surface area contributed by atoms with E-state index >= 15 is 0 Å². The molecule has 0 spiro atoms. The van der Waals surface area contributed by atoms with E-state index in [1.807, 2.05) is 58.9 Å². The molecule has 5 nitrogen and oxygen atoms in total. The molecule has 1 N–H and O–H groups in total. The Bertz CT molecular complexity index is 968. The number of sulfonamides is 1. The van der Waals surface area contributed by atoms with Gasteiger partial charge in [-0.2, -0.15) is 0 Å². The first kappa shape index (κ1) is 22.9. The van der Waals surface area contributed by atoms with Gasteiger partial charge in [0, 0.05) is 0 Å². The highest BCUT2D eigenvalue weighted by Gasteiger charge is 2.25. The van der Waals surface area contributed by atoms with Crippen LogP contribution < -0.4 is 9.62 Å². The lowest BCUT2D eigenvalue weighted by molar-refractivity contribution is -0.120. The Morgan fingerprint density at radius 1 is 1.07 bits per heavy atom. The third-order valence-electron chi connectivity index (χ3n) is 5.06. The summed E-state index contributed by atoms with van der Waals surface area (Å²) in [4.78, 5) is 12.9. The zero-order valence-corrected chi connectivity index (χ0v) is 19.0. The van der Waals surface area contributed by atoms with Crippen LogP contribution in [0.2, 0.25) is 0 Å². The summed E-state index contributed by atoms with van der Waals surface area (Å²) in [6.07, 6.45) is 1.86. The molecule has 158 valence electrons. The van der Waals surface area contributed by atoms with Gasteiger partial charge in [-0.1, -0.05) is 62.7 Å². The van der Waals surface area contributed by atoms with Crippen LogP contribution >= 0.6 is 0 Å². The standard InChI is InChI=1S/C23H32N2O3S/c1-7-21(20-13-12-17(4)14-18(20)5)24-23(26)15-25(29(6,27)28)22-11-9-8-10-19(22)16(2)3/h8-14,16,21H,7,15H2,1-6H3,(H,24,26)/t21-/m1/s1. The Balaban J connectivity index is 2.29. The highest BCUT2D eigenvalue weighted by molar-refractivity contribution is 7.92. The number of carbonyl (C=O) groups excluding carboxylic acids is 1. The van der Waals surface area contributed by atoms with Gasteiger partial charge in [-0.05, 0) is 48.9 Å². The van der Waals surface area contributed by atoms with Gasteiger partial charge in [0.15, 0.2) is 0 Å². The quantitative estimate of drug-likeness (QED) is 0.691. The van der Waals surface area contributed by atoms with E-state index < -0.39 is 10.0 Å². The fourth-order valence-electron chi connectivity index (χ4n) is 3.57. The fourth-order valence-corrected chi connectivity index (χ4v) is 4.45. The average Bonchev–Trinajstić information content (AvgIpc) is 2.63. The minimum absolute atomic E-state index is 0.136. The Kier molecular flexibility index (Phi) is 7.47. The molecule has 0 unspecified atom stereocenters. The lowest BCUT2D eigenvalue weighted by atomic mass is 9.97. The summed E-state index contributed by atoms with van der Waals surface area (Å²) in [7, 11) is -3.62. The Labute approximate surface area is 175 Å². The molecule has 2 aromatic rings. The van der Waals surface area contributed by atoms with Crippen LogP contribution in [-0.4, -0.2) is 27.1 Å². The summed E-state index contributed by atoms with van der Waals surface area (Å²) in [5, 5.41) is 3.02. The molecule has 6 heteroatoms. The second-order valence-electron chi connectivity index (χ2n) is 7.87. The topological polar surface area (TPSA) is 66.5 Å². The SMILES string of the molecule is CC[C@@H](NC(=O)CN(c1ccccc1C(C)C)S(C)(=O)=O)c1ccc(C)cc1C. The smallest absolute Gasteiger partial charge is 0.241 e. The highest BCUT2D eigenvalue weighted by atomic mass is 32.2. The summed E-state index contributed by atoms with van der Waals surface area (Å²) in [6.45, 7) is 9.83. The normalized spacial score (nSPS) is 12.7. The highest BCUT2D eigenvalue weighted by Crippen LogP contribution is 2.29. The summed E-state index contributed by atoms with van der Waals surface area (Å²) in [5.74, 6) is -0.182. The molecular weight excluding hydrogens is 384 g/mol. The van der Waals surface area contributed by atoms with Gasteiger partial charge in [-0.25, -0.2) is 8.42 Å². The Hall–Kier alpha value is -2.34. The maximum Gasteiger partial charge on any atom is 0.241 e. The number of carbonyl (C=O) groups is 1. The van der Waals surface area contributed by atoms with Crippen molar-refractivity contribution in [3.05, 3.63) is 64.7 Å².